The Balaban J connectivity index is 2.29. The summed E-state index contributed by atoms with van der Waals surface area (Å²) in [6, 6.07) is 3.90. The van der Waals surface area contributed by atoms with Crippen LogP contribution in [0, 0.1) is 22.5 Å². The largest absolute Gasteiger partial charge is 0.464 e. The molecule has 0 fully saturated rings. The molecular formula is C14H20N4O3S. The van der Waals surface area contributed by atoms with Crippen LogP contribution in [0.25, 0.3) is 0 Å². The van der Waals surface area contributed by atoms with Gasteiger partial charge in [0, 0.05) is 10.7 Å². The van der Waals surface area contributed by atoms with E-state index in [1.807, 2.05) is 19.2 Å². The summed E-state index contributed by atoms with van der Waals surface area (Å²) < 4.78 is 5.61. The van der Waals surface area contributed by atoms with Crippen LogP contribution in [0.5, 0.6) is 0 Å². The number of terminal acetylenes is 1. The summed E-state index contributed by atoms with van der Waals surface area (Å²) >= 11 is 1.66. The number of nitrogens with one attached hydrogen (secondary N) is 2. The van der Waals surface area contributed by atoms with Crippen molar-refractivity contribution in [2.45, 2.75) is 12.3 Å². The second-order valence-corrected chi connectivity index (χ2v) is 5.43. The first-order valence-electron chi connectivity index (χ1n) is 6.78. The first kappa shape index (κ1) is 18.1. The lowest BCUT2D eigenvalue weighted by Crippen LogP contribution is -2.31. The van der Waals surface area contributed by atoms with Crippen molar-refractivity contribution in [2.75, 3.05) is 32.4 Å². The SMILES string of the molecule is C#CCNC(C[N+](=O)[O-])=NCCSCc1ccc(CNC)o1. The molecule has 0 unspecified atom stereocenters. The van der Waals surface area contributed by atoms with Crippen LogP contribution in [0.15, 0.2) is 21.5 Å². The minimum absolute atomic E-state index is 0.237. The summed E-state index contributed by atoms with van der Waals surface area (Å²) in [6.45, 7) is 1.11. The van der Waals surface area contributed by atoms with Gasteiger partial charge < -0.3 is 15.1 Å². The molecule has 7 nitrogen and oxygen atoms in total. The maximum atomic E-state index is 10.5. The van der Waals surface area contributed by atoms with E-state index in [1.165, 1.54) is 0 Å². The number of amidine groups is 1. The Labute approximate surface area is 134 Å². The van der Waals surface area contributed by atoms with E-state index >= 15 is 0 Å². The molecule has 0 spiro atoms. The van der Waals surface area contributed by atoms with E-state index in [2.05, 4.69) is 21.5 Å². The molecule has 0 radical (unpaired) electrons. The molecule has 8 heteroatoms. The van der Waals surface area contributed by atoms with Gasteiger partial charge in [-0.3, -0.25) is 15.1 Å². The lowest BCUT2D eigenvalue weighted by Gasteiger charge is -2.03. The van der Waals surface area contributed by atoms with Gasteiger partial charge in [0.2, 0.25) is 0 Å². The highest BCUT2D eigenvalue weighted by Crippen LogP contribution is 2.15. The van der Waals surface area contributed by atoms with Crippen LogP contribution in [0.1, 0.15) is 11.5 Å². The molecule has 0 amide bonds. The molecule has 0 bridgehead atoms. The second kappa shape index (κ2) is 10.7. The summed E-state index contributed by atoms with van der Waals surface area (Å²) in [5.41, 5.74) is 0. The van der Waals surface area contributed by atoms with E-state index in [1.54, 1.807) is 11.8 Å². The Morgan fingerprint density at radius 1 is 1.55 bits per heavy atom. The molecule has 0 saturated carbocycles. The minimum atomic E-state index is -0.429. The fourth-order valence-corrected chi connectivity index (χ4v) is 2.35. The maximum absolute atomic E-state index is 10.5. The van der Waals surface area contributed by atoms with Crippen LogP contribution in [-0.2, 0) is 12.3 Å². The average Bonchev–Trinajstić information content (AvgIpc) is 2.91. The van der Waals surface area contributed by atoms with Crippen molar-refractivity contribution in [3.8, 4) is 12.3 Å². The van der Waals surface area contributed by atoms with Crippen molar-refractivity contribution in [1.29, 1.82) is 0 Å². The highest BCUT2D eigenvalue weighted by Gasteiger charge is 2.06. The molecule has 1 rings (SSSR count). The van der Waals surface area contributed by atoms with Crippen LogP contribution < -0.4 is 10.6 Å². The number of furan rings is 1. The lowest BCUT2D eigenvalue weighted by molar-refractivity contribution is -0.463. The van der Waals surface area contributed by atoms with E-state index in [0.29, 0.717) is 18.9 Å². The van der Waals surface area contributed by atoms with Crippen molar-refractivity contribution in [3.63, 3.8) is 0 Å². The van der Waals surface area contributed by atoms with E-state index in [0.717, 1.165) is 23.0 Å². The zero-order chi connectivity index (χ0) is 16.2. The molecule has 120 valence electrons. The first-order chi connectivity index (χ1) is 10.7. The Kier molecular flexibility index (Phi) is 8.79. The number of rotatable bonds is 10. The number of thioether (sulfide) groups is 1. The average molecular weight is 324 g/mol. The normalized spacial score (nSPS) is 11.2. The second-order valence-electron chi connectivity index (χ2n) is 4.33. The smallest absolute Gasteiger partial charge is 0.259 e. The van der Waals surface area contributed by atoms with Gasteiger partial charge >= 0.3 is 0 Å². The molecule has 2 N–H and O–H groups in total. The third-order valence-corrected chi connectivity index (χ3v) is 3.48. The predicted octanol–water partition coefficient (Wildman–Crippen LogP) is 1.13. The molecular weight excluding hydrogens is 304 g/mol. The third kappa shape index (κ3) is 7.71. The van der Waals surface area contributed by atoms with Crippen LogP contribution in [0.4, 0.5) is 0 Å². The first-order valence-corrected chi connectivity index (χ1v) is 7.93. The minimum Gasteiger partial charge on any atom is -0.464 e. The van der Waals surface area contributed by atoms with E-state index in [4.69, 9.17) is 10.8 Å². The summed E-state index contributed by atoms with van der Waals surface area (Å²) in [6.07, 6.45) is 5.12. The Morgan fingerprint density at radius 3 is 3.00 bits per heavy atom. The summed E-state index contributed by atoms with van der Waals surface area (Å²) in [5.74, 6) is 6.01. The van der Waals surface area contributed by atoms with Gasteiger partial charge in [0.05, 0.1) is 25.4 Å². The molecule has 0 aliphatic rings. The van der Waals surface area contributed by atoms with Crippen molar-refractivity contribution in [1.82, 2.24) is 10.6 Å². The fraction of sp³-hybridized carbons (Fsp3) is 0.500. The number of hydrogen-bond donors (Lipinski definition) is 2. The summed E-state index contributed by atoms with van der Waals surface area (Å²) in [7, 11) is 1.87. The molecule has 0 aliphatic carbocycles. The fourth-order valence-electron chi connectivity index (χ4n) is 1.62. The standard InChI is InChI=1S/C14H20N4O3S/c1-3-6-16-14(10-18(19)20)17-7-8-22-11-13-5-4-12(21-13)9-15-2/h1,4-5,15H,6-11H2,2H3,(H,16,17). The van der Waals surface area contributed by atoms with Gasteiger partial charge in [0.15, 0.2) is 5.84 Å². The van der Waals surface area contributed by atoms with Crippen molar-refractivity contribution in [2.24, 2.45) is 4.99 Å². The van der Waals surface area contributed by atoms with Gasteiger partial charge in [-0.2, -0.15) is 11.8 Å². The van der Waals surface area contributed by atoms with Gasteiger partial charge in [-0.25, -0.2) is 0 Å². The van der Waals surface area contributed by atoms with Crippen LogP contribution in [0.2, 0.25) is 0 Å². The van der Waals surface area contributed by atoms with Gasteiger partial charge in [-0.1, -0.05) is 5.92 Å². The van der Waals surface area contributed by atoms with Gasteiger partial charge in [0.1, 0.15) is 11.5 Å². The zero-order valence-electron chi connectivity index (χ0n) is 12.5. The van der Waals surface area contributed by atoms with Crippen LogP contribution >= 0.6 is 11.8 Å². The van der Waals surface area contributed by atoms with Gasteiger partial charge in [-0.15, -0.1) is 6.42 Å². The van der Waals surface area contributed by atoms with Crippen molar-refractivity contribution >= 4 is 17.6 Å². The van der Waals surface area contributed by atoms with Crippen LogP contribution in [0.3, 0.4) is 0 Å². The summed E-state index contributed by atoms with van der Waals surface area (Å²) in [4.78, 5) is 14.3. The molecule has 0 saturated heterocycles. The highest BCUT2D eigenvalue weighted by molar-refractivity contribution is 7.98. The predicted molar refractivity (Wildman–Crippen MR) is 88.6 cm³/mol. The molecule has 0 aromatic carbocycles. The van der Waals surface area contributed by atoms with Gasteiger partial charge in [-0.05, 0) is 19.2 Å². The van der Waals surface area contributed by atoms with Crippen molar-refractivity contribution < 1.29 is 9.34 Å². The van der Waals surface area contributed by atoms with Crippen LogP contribution in [-0.4, -0.2) is 43.2 Å². The summed E-state index contributed by atoms with van der Waals surface area (Å²) in [5, 5.41) is 16.3. The maximum Gasteiger partial charge on any atom is 0.259 e. The quantitative estimate of drug-likeness (QED) is 0.167. The van der Waals surface area contributed by atoms with Crippen molar-refractivity contribution in [3.05, 3.63) is 33.8 Å². The van der Waals surface area contributed by atoms with E-state index in [9.17, 15) is 10.1 Å². The van der Waals surface area contributed by atoms with E-state index in [-0.39, 0.29) is 13.1 Å². The number of nitrogens with zero attached hydrogens (tertiary/aromatic N) is 2. The highest BCUT2D eigenvalue weighted by atomic mass is 32.2. The third-order valence-electron chi connectivity index (χ3n) is 2.52. The Hall–Kier alpha value is -1.98. The molecule has 0 atom stereocenters. The molecule has 1 aromatic heterocycles. The zero-order valence-corrected chi connectivity index (χ0v) is 13.3. The van der Waals surface area contributed by atoms with Gasteiger partial charge in [0.25, 0.3) is 6.54 Å². The number of nitro groups is 1. The lowest BCUT2D eigenvalue weighted by atomic mass is 10.4. The molecule has 22 heavy (non-hydrogen) atoms. The molecule has 1 aromatic rings. The van der Waals surface area contributed by atoms with E-state index < -0.39 is 4.92 Å². The Morgan fingerprint density at radius 2 is 2.32 bits per heavy atom. The molecule has 1 heterocycles. The molecule has 0 aliphatic heterocycles. The monoisotopic (exact) mass is 324 g/mol. The number of hydrogen-bond acceptors (Lipinski definition) is 6. The topological polar surface area (TPSA) is 92.7 Å². The Bertz CT molecular complexity index is 536. The number of aliphatic imine (C=N–C) groups is 1.